The zero-order valence-electron chi connectivity index (χ0n) is 16.1. The van der Waals surface area contributed by atoms with Crippen LogP contribution in [0.25, 0.3) is 0 Å². The molecule has 0 aromatic heterocycles. The van der Waals surface area contributed by atoms with E-state index in [9.17, 15) is 5.21 Å². The van der Waals surface area contributed by atoms with Gasteiger partial charge in [0.1, 0.15) is 0 Å². The molecule has 131 valence electrons. The summed E-state index contributed by atoms with van der Waals surface area (Å²) in [6, 6.07) is 0. The number of hydroxylamine groups is 2. The van der Waals surface area contributed by atoms with Crippen molar-refractivity contribution in [2.24, 2.45) is 0 Å². The minimum atomic E-state index is -0.321. The average Bonchev–Trinajstić information content (AvgIpc) is 2.39. The predicted molar refractivity (Wildman–Crippen MR) is 92.6 cm³/mol. The summed E-state index contributed by atoms with van der Waals surface area (Å²) < 4.78 is 0.897. The largest absolute Gasteiger partial charge is 0.248 e. The third-order valence-corrected chi connectivity index (χ3v) is 5.06. The van der Waals surface area contributed by atoms with Crippen LogP contribution in [0.5, 0.6) is 0 Å². The van der Waals surface area contributed by atoms with Gasteiger partial charge in [0, 0.05) is 0 Å². The second-order valence-corrected chi connectivity index (χ2v) is 8.85. The van der Waals surface area contributed by atoms with Crippen molar-refractivity contribution in [1.29, 1.82) is 0 Å². The molecule has 1 saturated heterocycles. The Kier molecular flexibility index (Phi) is 6.88. The van der Waals surface area contributed by atoms with E-state index in [4.69, 9.17) is 0 Å². The SMILES string of the molecule is CCCCCCCC[N+](C)(C)N1CC(C)(C)N([O])C(C)(C)C1. The quantitative estimate of drug-likeness (QED) is 0.502. The van der Waals surface area contributed by atoms with Gasteiger partial charge in [-0.25, -0.2) is 4.59 Å². The Balaban J connectivity index is 2.53. The molecular weight excluding hydrogens is 274 g/mol. The molecule has 0 unspecified atom stereocenters. The van der Waals surface area contributed by atoms with Crippen LogP contribution in [0.4, 0.5) is 0 Å². The minimum absolute atomic E-state index is 0.321. The molecule has 0 N–H and O–H groups in total. The first-order chi connectivity index (χ1) is 10.0. The zero-order chi connectivity index (χ0) is 17.0. The Hall–Kier alpha value is -0.160. The lowest BCUT2D eigenvalue weighted by Gasteiger charge is -2.54. The topological polar surface area (TPSA) is 26.4 Å². The van der Waals surface area contributed by atoms with Crippen molar-refractivity contribution in [3.05, 3.63) is 0 Å². The van der Waals surface area contributed by atoms with E-state index in [1.165, 1.54) is 43.6 Å². The van der Waals surface area contributed by atoms with Gasteiger partial charge in [-0.2, -0.15) is 5.01 Å². The van der Waals surface area contributed by atoms with Gasteiger partial charge in [0.05, 0.1) is 44.8 Å². The van der Waals surface area contributed by atoms with Crippen LogP contribution in [0.2, 0.25) is 0 Å². The van der Waals surface area contributed by atoms with Crippen molar-refractivity contribution in [3.8, 4) is 0 Å². The standard InChI is InChI=1S/C18H39N3O/c1-8-9-10-11-12-13-14-21(6,7)19-15-17(2,3)20(22)18(4,5)16-19/h8-16H2,1-7H3/q+1. The molecule has 4 heteroatoms. The predicted octanol–water partition coefficient (Wildman–Crippen LogP) is 3.86. The Labute approximate surface area is 138 Å². The van der Waals surface area contributed by atoms with E-state index in [1.807, 2.05) is 0 Å². The van der Waals surface area contributed by atoms with Crippen LogP contribution in [0.15, 0.2) is 0 Å². The molecule has 0 amide bonds. The van der Waals surface area contributed by atoms with Crippen LogP contribution >= 0.6 is 0 Å². The highest BCUT2D eigenvalue weighted by Gasteiger charge is 2.49. The molecular formula is C18H39N3O+. The number of piperazine rings is 1. The normalized spacial score (nSPS) is 22.9. The van der Waals surface area contributed by atoms with E-state index in [1.54, 1.807) is 0 Å². The molecule has 1 heterocycles. The van der Waals surface area contributed by atoms with Crippen molar-refractivity contribution >= 4 is 0 Å². The monoisotopic (exact) mass is 313 g/mol. The van der Waals surface area contributed by atoms with Crippen molar-refractivity contribution in [2.75, 3.05) is 33.7 Å². The summed E-state index contributed by atoms with van der Waals surface area (Å²) in [7, 11) is 4.58. The summed E-state index contributed by atoms with van der Waals surface area (Å²) >= 11 is 0. The summed E-state index contributed by atoms with van der Waals surface area (Å²) in [5.41, 5.74) is -0.642. The van der Waals surface area contributed by atoms with Gasteiger partial charge in [0.15, 0.2) is 0 Å². The molecule has 1 aliphatic heterocycles. The lowest BCUT2D eigenvalue weighted by atomic mass is 9.91. The third-order valence-electron chi connectivity index (χ3n) is 5.06. The Bertz CT molecular complexity index is 321. The van der Waals surface area contributed by atoms with E-state index in [0.717, 1.165) is 24.2 Å². The first-order valence-electron chi connectivity index (χ1n) is 9.09. The van der Waals surface area contributed by atoms with E-state index in [0.29, 0.717) is 0 Å². The van der Waals surface area contributed by atoms with Gasteiger partial charge in [-0.05, 0) is 40.5 Å². The maximum atomic E-state index is 12.5. The number of rotatable bonds is 8. The molecule has 0 atom stereocenters. The Morgan fingerprint density at radius 1 is 0.864 bits per heavy atom. The number of hydrogen-bond acceptors (Lipinski definition) is 2. The summed E-state index contributed by atoms with van der Waals surface area (Å²) in [5.74, 6) is 0. The fraction of sp³-hybridized carbons (Fsp3) is 1.00. The van der Waals surface area contributed by atoms with Gasteiger partial charge in [0.25, 0.3) is 0 Å². The van der Waals surface area contributed by atoms with Crippen molar-refractivity contribution in [3.63, 3.8) is 0 Å². The summed E-state index contributed by atoms with van der Waals surface area (Å²) in [5, 5.41) is 16.3. The number of hydrogen-bond donors (Lipinski definition) is 0. The second kappa shape index (κ2) is 7.61. The van der Waals surface area contributed by atoms with Gasteiger partial charge in [-0.3, -0.25) is 0 Å². The number of quaternary nitrogens is 1. The van der Waals surface area contributed by atoms with Crippen LogP contribution < -0.4 is 0 Å². The molecule has 1 rings (SSSR count). The van der Waals surface area contributed by atoms with Gasteiger partial charge >= 0.3 is 0 Å². The fourth-order valence-electron chi connectivity index (χ4n) is 3.70. The van der Waals surface area contributed by atoms with Crippen LogP contribution in [-0.4, -0.2) is 59.5 Å². The molecule has 4 nitrogen and oxygen atoms in total. The van der Waals surface area contributed by atoms with Gasteiger partial charge in [0.2, 0.25) is 0 Å². The van der Waals surface area contributed by atoms with Crippen molar-refractivity contribution < 1.29 is 9.80 Å². The fourth-order valence-corrected chi connectivity index (χ4v) is 3.70. The van der Waals surface area contributed by atoms with Crippen LogP contribution in [-0.2, 0) is 5.21 Å². The molecule has 1 fully saturated rings. The van der Waals surface area contributed by atoms with Gasteiger partial charge in [-0.15, -0.1) is 10.3 Å². The van der Waals surface area contributed by atoms with Crippen LogP contribution in [0, 0.1) is 0 Å². The van der Waals surface area contributed by atoms with Gasteiger partial charge in [-0.1, -0.05) is 32.6 Å². The molecule has 1 radical (unpaired) electrons. The molecule has 0 saturated carbocycles. The van der Waals surface area contributed by atoms with E-state index in [-0.39, 0.29) is 11.1 Å². The Morgan fingerprint density at radius 3 is 1.82 bits per heavy atom. The smallest absolute Gasteiger partial charge is 0.0959 e. The molecule has 1 aliphatic rings. The lowest BCUT2D eigenvalue weighted by molar-refractivity contribution is -1.01. The summed E-state index contributed by atoms with van der Waals surface area (Å²) in [6.45, 7) is 13.4. The lowest BCUT2D eigenvalue weighted by Crippen LogP contribution is -2.72. The molecule has 0 aromatic rings. The highest BCUT2D eigenvalue weighted by atomic mass is 16.5. The molecule has 0 aliphatic carbocycles. The van der Waals surface area contributed by atoms with E-state index >= 15 is 0 Å². The molecule has 0 spiro atoms. The van der Waals surface area contributed by atoms with Gasteiger partial charge < -0.3 is 0 Å². The number of nitrogens with zero attached hydrogens (tertiary/aromatic N) is 3. The summed E-state index contributed by atoms with van der Waals surface area (Å²) in [4.78, 5) is 0. The molecule has 0 aromatic carbocycles. The maximum Gasteiger partial charge on any atom is 0.0959 e. The molecule has 0 bridgehead atoms. The van der Waals surface area contributed by atoms with Crippen molar-refractivity contribution in [1.82, 2.24) is 10.1 Å². The van der Waals surface area contributed by atoms with Crippen LogP contribution in [0.1, 0.15) is 73.1 Å². The Morgan fingerprint density at radius 2 is 1.32 bits per heavy atom. The van der Waals surface area contributed by atoms with Crippen molar-refractivity contribution in [2.45, 2.75) is 84.2 Å². The molecule has 22 heavy (non-hydrogen) atoms. The zero-order valence-corrected chi connectivity index (χ0v) is 16.1. The number of unbranched alkanes of at least 4 members (excludes halogenated alkanes) is 5. The highest BCUT2D eigenvalue weighted by Crippen LogP contribution is 2.32. The maximum absolute atomic E-state index is 12.5. The van der Waals surface area contributed by atoms with E-state index in [2.05, 4.69) is 53.7 Å². The van der Waals surface area contributed by atoms with E-state index < -0.39 is 0 Å². The first-order valence-corrected chi connectivity index (χ1v) is 9.09. The average molecular weight is 314 g/mol. The highest BCUT2D eigenvalue weighted by molar-refractivity contribution is 4.94. The second-order valence-electron chi connectivity index (χ2n) is 8.85. The third kappa shape index (κ3) is 5.19. The van der Waals surface area contributed by atoms with Crippen LogP contribution in [0.3, 0.4) is 0 Å². The minimum Gasteiger partial charge on any atom is -0.248 e. The summed E-state index contributed by atoms with van der Waals surface area (Å²) in [6.07, 6.45) is 8.01. The first kappa shape index (κ1) is 19.9.